The van der Waals surface area contributed by atoms with E-state index in [1.165, 1.54) is 0 Å². The van der Waals surface area contributed by atoms with Gasteiger partial charge in [0.1, 0.15) is 0 Å². The molecule has 5 nitrogen and oxygen atoms in total. The maximum atomic E-state index is 12.0. The van der Waals surface area contributed by atoms with Crippen molar-refractivity contribution in [2.45, 2.75) is 40.2 Å². The molecule has 1 aliphatic heterocycles. The van der Waals surface area contributed by atoms with Gasteiger partial charge in [-0.05, 0) is 12.3 Å². The van der Waals surface area contributed by atoms with Gasteiger partial charge in [0.2, 0.25) is 11.8 Å². The van der Waals surface area contributed by atoms with Crippen LogP contribution in [0.3, 0.4) is 0 Å². The lowest BCUT2D eigenvalue weighted by molar-refractivity contribution is -0.135. The molecule has 1 saturated heterocycles. The number of hydrogen-bond donors (Lipinski definition) is 1. The molecule has 18 heavy (non-hydrogen) atoms. The average molecular weight is 255 g/mol. The standard InChI is InChI=1S/C13H25N3O2/c1-10(12(14)18)15-5-7-16(8-6-15)11(17)9-13(2,3)4/h10H,5-9H2,1-4H3,(H2,14,18). The van der Waals surface area contributed by atoms with E-state index in [4.69, 9.17) is 5.73 Å². The van der Waals surface area contributed by atoms with Gasteiger partial charge in [-0.15, -0.1) is 0 Å². The van der Waals surface area contributed by atoms with Gasteiger partial charge in [0.05, 0.1) is 6.04 Å². The van der Waals surface area contributed by atoms with Crippen molar-refractivity contribution in [1.29, 1.82) is 0 Å². The van der Waals surface area contributed by atoms with Gasteiger partial charge < -0.3 is 10.6 Å². The van der Waals surface area contributed by atoms with Crippen LogP contribution in [0.4, 0.5) is 0 Å². The molecule has 5 heteroatoms. The fraction of sp³-hybridized carbons (Fsp3) is 0.846. The summed E-state index contributed by atoms with van der Waals surface area (Å²) in [4.78, 5) is 27.1. The van der Waals surface area contributed by atoms with E-state index in [-0.39, 0.29) is 23.3 Å². The molecule has 0 saturated carbocycles. The zero-order valence-electron chi connectivity index (χ0n) is 11.9. The highest BCUT2D eigenvalue weighted by Gasteiger charge is 2.27. The van der Waals surface area contributed by atoms with Crippen molar-refractivity contribution in [2.24, 2.45) is 11.1 Å². The first-order valence-electron chi connectivity index (χ1n) is 6.52. The molecule has 1 rings (SSSR count). The molecule has 0 aromatic carbocycles. The van der Waals surface area contributed by atoms with Gasteiger partial charge in [-0.1, -0.05) is 20.8 Å². The lowest BCUT2D eigenvalue weighted by Gasteiger charge is -2.37. The molecule has 1 aliphatic rings. The Morgan fingerprint density at radius 1 is 1.17 bits per heavy atom. The maximum absolute atomic E-state index is 12.0. The van der Waals surface area contributed by atoms with Gasteiger partial charge in [0, 0.05) is 32.6 Å². The third-order valence-corrected chi connectivity index (χ3v) is 3.31. The number of primary amides is 1. The van der Waals surface area contributed by atoms with Crippen molar-refractivity contribution >= 4 is 11.8 Å². The monoisotopic (exact) mass is 255 g/mol. The van der Waals surface area contributed by atoms with Crippen molar-refractivity contribution in [2.75, 3.05) is 26.2 Å². The number of nitrogens with two attached hydrogens (primary N) is 1. The largest absolute Gasteiger partial charge is 0.368 e. The maximum Gasteiger partial charge on any atom is 0.234 e. The summed E-state index contributed by atoms with van der Waals surface area (Å²) in [7, 11) is 0. The van der Waals surface area contributed by atoms with Crippen molar-refractivity contribution in [3.8, 4) is 0 Å². The van der Waals surface area contributed by atoms with E-state index < -0.39 is 0 Å². The van der Waals surface area contributed by atoms with E-state index in [0.717, 1.165) is 13.1 Å². The molecule has 104 valence electrons. The van der Waals surface area contributed by atoms with Crippen molar-refractivity contribution in [3.05, 3.63) is 0 Å². The second kappa shape index (κ2) is 5.69. The Balaban J connectivity index is 2.44. The summed E-state index contributed by atoms with van der Waals surface area (Å²) in [5.41, 5.74) is 5.31. The van der Waals surface area contributed by atoms with Crippen LogP contribution in [-0.2, 0) is 9.59 Å². The number of hydrogen-bond acceptors (Lipinski definition) is 3. The van der Waals surface area contributed by atoms with Crippen LogP contribution in [0, 0.1) is 5.41 Å². The minimum absolute atomic E-state index is 0.0226. The minimum Gasteiger partial charge on any atom is -0.368 e. The highest BCUT2D eigenvalue weighted by Crippen LogP contribution is 2.20. The molecule has 0 spiro atoms. The third-order valence-electron chi connectivity index (χ3n) is 3.31. The Kier molecular flexibility index (Phi) is 4.73. The topological polar surface area (TPSA) is 66.6 Å². The number of nitrogens with zero attached hydrogens (tertiary/aromatic N) is 2. The Morgan fingerprint density at radius 2 is 1.67 bits per heavy atom. The second-order valence-corrected chi connectivity index (χ2v) is 6.23. The van der Waals surface area contributed by atoms with Gasteiger partial charge in [-0.3, -0.25) is 14.5 Å². The van der Waals surface area contributed by atoms with E-state index in [2.05, 4.69) is 20.8 Å². The molecule has 0 bridgehead atoms. The molecule has 2 N–H and O–H groups in total. The molecule has 1 atom stereocenters. The highest BCUT2D eigenvalue weighted by atomic mass is 16.2. The summed E-state index contributed by atoms with van der Waals surface area (Å²) in [6.45, 7) is 10.8. The normalized spacial score (nSPS) is 19.7. The summed E-state index contributed by atoms with van der Waals surface area (Å²) < 4.78 is 0. The lowest BCUT2D eigenvalue weighted by Crippen LogP contribution is -2.54. The summed E-state index contributed by atoms with van der Waals surface area (Å²) in [6.07, 6.45) is 0.568. The van der Waals surface area contributed by atoms with Crippen LogP contribution in [0.5, 0.6) is 0 Å². The smallest absolute Gasteiger partial charge is 0.234 e. The fourth-order valence-corrected chi connectivity index (χ4v) is 2.10. The number of amides is 2. The number of carbonyl (C=O) groups excluding carboxylic acids is 2. The van der Waals surface area contributed by atoms with Crippen molar-refractivity contribution in [1.82, 2.24) is 9.80 Å². The number of carbonyl (C=O) groups is 2. The molecular formula is C13H25N3O2. The van der Waals surface area contributed by atoms with Crippen LogP contribution in [-0.4, -0.2) is 53.8 Å². The second-order valence-electron chi connectivity index (χ2n) is 6.23. The first kappa shape index (κ1) is 15.0. The van der Waals surface area contributed by atoms with Crippen LogP contribution in [0.15, 0.2) is 0 Å². The van der Waals surface area contributed by atoms with Gasteiger partial charge in [-0.2, -0.15) is 0 Å². The third kappa shape index (κ3) is 4.29. The zero-order valence-corrected chi connectivity index (χ0v) is 11.9. The molecule has 0 aliphatic carbocycles. The Hall–Kier alpha value is -1.10. The molecular weight excluding hydrogens is 230 g/mol. The van der Waals surface area contributed by atoms with Crippen LogP contribution >= 0.6 is 0 Å². The molecule has 1 fully saturated rings. The van der Waals surface area contributed by atoms with Gasteiger partial charge >= 0.3 is 0 Å². The molecule has 1 unspecified atom stereocenters. The number of piperazine rings is 1. The number of rotatable bonds is 3. The van der Waals surface area contributed by atoms with Crippen LogP contribution < -0.4 is 5.73 Å². The summed E-state index contributed by atoms with van der Waals surface area (Å²) in [6, 6.07) is -0.245. The SMILES string of the molecule is CC(C(N)=O)N1CCN(C(=O)CC(C)(C)C)CC1. The zero-order chi connectivity index (χ0) is 13.9. The summed E-state index contributed by atoms with van der Waals surface area (Å²) in [5, 5.41) is 0. The van der Waals surface area contributed by atoms with E-state index in [9.17, 15) is 9.59 Å². The predicted octanol–water partition coefficient (Wildman–Crippen LogP) is 0.441. The summed E-state index contributed by atoms with van der Waals surface area (Å²) >= 11 is 0. The van der Waals surface area contributed by atoms with E-state index in [0.29, 0.717) is 19.5 Å². The summed E-state index contributed by atoms with van der Waals surface area (Å²) in [5.74, 6) is -0.0988. The molecule has 0 aromatic rings. The van der Waals surface area contributed by atoms with Crippen molar-refractivity contribution < 1.29 is 9.59 Å². The highest BCUT2D eigenvalue weighted by molar-refractivity contribution is 5.79. The molecule has 1 heterocycles. The Morgan fingerprint density at radius 3 is 2.06 bits per heavy atom. The molecule has 0 radical (unpaired) electrons. The van der Waals surface area contributed by atoms with Crippen molar-refractivity contribution in [3.63, 3.8) is 0 Å². The Bertz CT molecular complexity index is 315. The Labute approximate surface area is 109 Å². The minimum atomic E-state index is -0.301. The van der Waals surface area contributed by atoms with Crippen LogP contribution in [0.2, 0.25) is 0 Å². The van der Waals surface area contributed by atoms with E-state index >= 15 is 0 Å². The van der Waals surface area contributed by atoms with E-state index in [1.54, 1.807) is 0 Å². The van der Waals surface area contributed by atoms with E-state index in [1.807, 2.05) is 16.7 Å². The lowest BCUT2D eigenvalue weighted by atomic mass is 9.91. The van der Waals surface area contributed by atoms with Crippen LogP contribution in [0.1, 0.15) is 34.1 Å². The van der Waals surface area contributed by atoms with Crippen LogP contribution in [0.25, 0.3) is 0 Å². The van der Waals surface area contributed by atoms with Gasteiger partial charge in [0.25, 0.3) is 0 Å². The van der Waals surface area contributed by atoms with Gasteiger partial charge in [-0.25, -0.2) is 0 Å². The first-order chi connectivity index (χ1) is 8.20. The predicted molar refractivity (Wildman–Crippen MR) is 70.9 cm³/mol. The average Bonchev–Trinajstić information content (AvgIpc) is 2.26. The molecule has 0 aromatic heterocycles. The quantitative estimate of drug-likeness (QED) is 0.796. The first-order valence-corrected chi connectivity index (χ1v) is 6.52. The molecule has 2 amide bonds. The van der Waals surface area contributed by atoms with Gasteiger partial charge in [0.15, 0.2) is 0 Å². The fourth-order valence-electron chi connectivity index (χ4n) is 2.10.